The van der Waals surface area contributed by atoms with Crippen molar-refractivity contribution in [3.63, 3.8) is 0 Å². The molecular formula is C21H42N4S4. The summed E-state index contributed by atoms with van der Waals surface area (Å²) in [5.74, 6) is 2.85. The van der Waals surface area contributed by atoms with Crippen molar-refractivity contribution in [1.29, 1.82) is 0 Å². The maximum absolute atomic E-state index is 2.53. The molecule has 1 heterocycles. The molecule has 0 unspecified atom stereocenters. The Morgan fingerprint density at radius 1 is 0.517 bits per heavy atom. The van der Waals surface area contributed by atoms with Crippen molar-refractivity contribution in [2.75, 3.05) is 57.4 Å². The van der Waals surface area contributed by atoms with Crippen molar-refractivity contribution in [2.24, 2.45) is 0 Å². The molecule has 1 aliphatic heterocycles. The summed E-state index contributed by atoms with van der Waals surface area (Å²) >= 11 is 4.03. The van der Waals surface area contributed by atoms with Gasteiger partial charge < -0.3 is 19.6 Å². The minimum Gasteiger partial charge on any atom is -0.357 e. The lowest BCUT2D eigenvalue weighted by Crippen LogP contribution is -2.36. The lowest BCUT2D eigenvalue weighted by molar-refractivity contribution is 0.235. The smallest absolute Gasteiger partial charge is 0.125 e. The van der Waals surface area contributed by atoms with Crippen LogP contribution in [0.1, 0.15) is 55.4 Å². The second kappa shape index (κ2) is 15.0. The van der Waals surface area contributed by atoms with Gasteiger partial charge in [0.2, 0.25) is 0 Å². The molecule has 0 aliphatic carbocycles. The summed E-state index contributed by atoms with van der Waals surface area (Å²) in [5.41, 5.74) is 0. The Morgan fingerprint density at radius 3 is 0.966 bits per heavy atom. The zero-order valence-electron chi connectivity index (χ0n) is 19.8. The van der Waals surface area contributed by atoms with Gasteiger partial charge in [0.25, 0.3) is 0 Å². The molecule has 170 valence electrons. The molecule has 29 heavy (non-hydrogen) atoms. The Morgan fingerprint density at radius 2 is 0.759 bits per heavy atom. The molecule has 8 heteroatoms. The van der Waals surface area contributed by atoms with Crippen molar-refractivity contribution in [2.45, 2.75) is 55.4 Å². The first-order valence-electron chi connectivity index (χ1n) is 11.1. The number of hydrogen-bond donors (Lipinski definition) is 0. The largest absolute Gasteiger partial charge is 0.357 e. The number of nitrogens with zero attached hydrogens (tertiary/aromatic N) is 4. The van der Waals surface area contributed by atoms with E-state index in [-0.39, 0.29) is 0 Å². The Hall–Kier alpha value is 0.0800. The Labute approximate surface area is 197 Å². The van der Waals surface area contributed by atoms with Gasteiger partial charge in [0.1, 0.15) is 11.6 Å². The molecule has 1 rings (SSSR count). The highest BCUT2D eigenvalue weighted by Gasteiger charge is 2.26. The van der Waals surface area contributed by atoms with Gasteiger partial charge in [-0.15, -0.1) is 23.5 Å². The lowest BCUT2D eigenvalue weighted by Gasteiger charge is -2.35. The van der Waals surface area contributed by atoms with Gasteiger partial charge in [-0.05, 0) is 77.0 Å². The summed E-state index contributed by atoms with van der Waals surface area (Å²) in [5, 5.41) is 1.07. The Balaban J connectivity index is 3.36. The van der Waals surface area contributed by atoms with E-state index in [0.717, 1.165) is 57.4 Å². The van der Waals surface area contributed by atoms with E-state index in [9.17, 15) is 0 Å². The monoisotopic (exact) mass is 478 g/mol. The molecule has 4 nitrogen and oxygen atoms in total. The topological polar surface area (TPSA) is 13.0 Å². The van der Waals surface area contributed by atoms with E-state index < -0.39 is 0 Å². The zero-order chi connectivity index (χ0) is 21.8. The van der Waals surface area contributed by atoms with Crippen LogP contribution in [0.3, 0.4) is 0 Å². The highest BCUT2D eigenvalue weighted by Crippen LogP contribution is 2.54. The molecule has 0 aromatic heterocycles. The molecular weight excluding hydrogens is 437 g/mol. The summed E-state index contributed by atoms with van der Waals surface area (Å²) in [4.78, 5) is 10.1. The second-order valence-corrected chi connectivity index (χ2v) is 11.5. The lowest BCUT2D eigenvalue weighted by atomic mass is 10.4. The first kappa shape index (κ1) is 27.1. The van der Waals surface area contributed by atoms with Crippen molar-refractivity contribution in [1.82, 2.24) is 19.6 Å². The van der Waals surface area contributed by atoms with Crippen LogP contribution in [0.4, 0.5) is 0 Å². The molecule has 1 fully saturated rings. The molecule has 0 spiro atoms. The Bertz CT molecular complexity index is 449. The average Bonchev–Trinajstić information content (AvgIpc) is 3.00. The van der Waals surface area contributed by atoms with E-state index in [2.05, 4.69) is 75.0 Å². The van der Waals surface area contributed by atoms with Crippen LogP contribution in [-0.2, 0) is 0 Å². The van der Waals surface area contributed by atoms with Crippen LogP contribution in [0.2, 0.25) is 0 Å². The molecule has 1 saturated heterocycles. The summed E-state index contributed by atoms with van der Waals surface area (Å²) < 4.78 is 2.92. The van der Waals surface area contributed by atoms with Crippen LogP contribution in [0.15, 0.2) is 20.1 Å². The van der Waals surface area contributed by atoms with Crippen LogP contribution < -0.4 is 0 Å². The third-order valence-corrected chi connectivity index (χ3v) is 10.9. The normalized spacial score (nSPS) is 14.5. The van der Waals surface area contributed by atoms with E-state index >= 15 is 0 Å². The van der Waals surface area contributed by atoms with Crippen molar-refractivity contribution < 1.29 is 0 Å². The minimum atomic E-state index is 1.05. The van der Waals surface area contributed by atoms with E-state index in [0.29, 0.717) is 0 Å². The fraction of sp³-hybridized carbons (Fsp3) is 0.810. The SMILES string of the molecule is CCN(CC)C(=C1SCSC(=C(N(CC)CC)N(CC)CC)SS1)N(CC)CC. The first-order valence-corrected chi connectivity index (χ1v) is 15.3. The fourth-order valence-corrected chi connectivity index (χ4v) is 9.79. The van der Waals surface area contributed by atoms with E-state index in [1.165, 1.54) is 20.1 Å². The number of rotatable bonds is 12. The molecule has 0 amide bonds. The van der Waals surface area contributed by atoms with Gasteiger partial charge in [0.15, 0.2) is 0 Å². The van der Waals surface area contributed by atoms with Gasteiger partial charge in [-0.25, -0.2) is 0 Å². The Kier molecular flexibility index (Phi) is 14.0. The second-order valence-electron chi connectivity index (χ2n) is 6.48. The van der Waals surface area contributed by atoms with Crippen LogP contribution in [-0.4, -0.2) is 77.0 Å². The molecule has 1 aliphatic rings. The third kappa shape index (κ3) is 7.32. The number of hydrogen-bond acceptors (Lipinski definition) is 8. The minimum absolute atomic E-state index is 1.05. The van der Waals surface area contributed by atoms with E-state index in [1.54, 1.807) is 0 Å². The standard InChI is InChI=1S/C21H42N4S4/c1-9-22(10-2)18(23(11-3)12-4)20-26-17-27-21(29-28-20)19(24(13-5)14-6)25(15-7)16-8/h9-17H2,1-8H3. The predicted octanol–water partition coefficient (Wildman–Crippen LogP) is 6.43. The summed E-state index contributed by atoms with van der Waals surface area (Å²) in [6.07, 6.45) is 0. The van der Waals surface area contributed by atoms with Gasteiger partial charge in [0.05, 0.1) is 8.47 Å². The molecule has 0 saturated carbocycles. The molecule has 0 radical (unpaired) electrons. The fourth-order valence-electron chi connectivity index (χ4n) is 3.47. The molecule has 0 atom stereocenters. The van der Waals surface area contributed by atoms with Crippen LogP contribution in [0, 0.1) is 0 Å². The van der Waals surface area contributed by atoms with Crippen LogP contribution in [0.5, 0.6) is 0 Å². The summed E-state index contributed by atoms with van der Waals surface area (Å²) in [6, 6.07) is 0. The third-order valence-electron chi connectivity index (χ3n) is 5.19. The summed E-state index contributed by atoms with van der Waals surface area (Å²) in [6.45, 7) is 26.6. The molecule has 0 bridgehead atoms. The molecule has 0 aromatic carbocycles. The zero-order valence-corrected chi connectivity index (χ0v) is 23.1. The quantitative estimate of drug-likeness (QED) is 0.294. The predicted molar refractivity (Wildman–Crippen MR) is 141 cm³/mol. The van der Waals surface area contributed by atoms with Crippen molar-refractivity contribution in [3.05, 3.63) is 20.1 Å². The average molecular weight is 479 g/mol. The van der Waals surface area contributed by atoms with Crippen LogP contribution >= 0.6 is 45.1 Å². The summed E-state index contributed by atoms with van der Waals surface area (Å²) in [7, 11) is 3.93. The molecule has 0 N–H and O–H groups in total. The highest BCUT2D eigenvalue weighted by atomic mass is 33.1. The van der Waals surface area contributed by atoms with E-state index in [1.807, 2.05) is 45.1 Å². The van der Waals surface area contributed by atoms with Gasteiger partial charge in [-0.3, -0.25) is 0 Å². The van der Waals surface area contributed by atoms with Crippen LogP contribution in [0.25, 0.3) is 0 Å². The number of thioether (sulfide) groups is 2. The van der Waals surface area contributed by atoms with Crippen molar-refractivity contribution in [3.8, 4) is 0 Å². The van der Waals surface area contributed by atoms with Gasteiger partial charge in [-0.1, -0.05) is 0 Å². The van der Waals surface area contributed by atoms with E-state index in [4.69, 9.17) is 0 Å². The maximum atomic E-state index is 2.53. The highest BCUT2D eigenvalue weighted by molar-refractivity contribution is 8.84. The van der Waals surface area contributed by atoms with Gasteiger partial charge in [0, 0.05) is 57.4 Å². The van der Waals surface area contributed by atoms with Gasteiger partial charge in [-0.2, -0.15) is 0 Å². The first-order chi connectivity index (χ1) is 14.1. The molecule has 0 aromatic rings. The van der Waals surface area contributed by atoms with Crippen molar-refractivity contribution >= 4 is 45.1 Å². The maximum Gasteiger partial charge on any atom is 0.125 e. The van der Waals surface area contributed by atoms with Gasteiger partial charge >= 0.3 is 0 Å².